The average Bonchev–Trinajstić information content (AvgIpc) is 2.58. The smallest absolute Gasteiger partial charge is 0.218 e. The normalized spacial score (nSPS) is 16.4. The summed E-state index contributed by atoms with van der Waals surface area (Å²) in [6.45, 7) is 3.45. The molecule has 0 atom stereocenters. The van der Waals surface area contributed by atoms with Crippen molar-refractivity contribution in [3.8, 4) is 5.88 Å². The van der Waals surface area contributed by atoms with Crippen molar-refractivity contribution >= 4 is 5.96 Å². The fraction of sp³-hybridized carbons (Fsp3) is 0.647. The Hall–Kier alpha value is -1.78. The maximum absolute atomic E-state index is 5.69. The molecule has 0 aromatic carbocycles. The molecular weight excluding hydrogens is 276 g/mol. The van der Waals surface area contributed by atoms with E-state index in [0.717, 1.165) is 17.9 Å². The minimum absolute atomic E-state index is 0.546. The minimum Gasteiger partial charge on any atom is -0.477 e. The van der Waals surface area contributed by atoms with Crippen LogP contribution < -0.4 is 15.4 Å². The number of hydrogen-bond acceptors (Lipinski definition) is 3. The fourth-order valence-electron chi connectivity index (χ4n) is 2.70. The molecule has 0 aliphatic heterocycles. The summed E-state index contributed by atoms with van der Waals surface area (Å²) in [4.78, 5) is 8.64. The van der Waals surface area contributed by atoms with Gasteiger partial charge in [0.25, 0.3) is 0 Å². The zero-order valence-corrected chi connectivity index (χ0v) is 13.8. The molecule has 122 valence electrons. The van der Waals surface area contributed by atoms with Crippen molar-refractivity contribution in [2.75, 3.05) is 13.7 Å². The van der Waals surface area contributed by atoms with Crippen LogP contribution in [0.4, 0.5) is 0 Å². The van der Waals surface area contributed by atoms with Crippen molar-refractivity contribution in [1.29, 1.82) is 0 Å². The maximum atomic E-state index is 5.69. The van der Waals surface area contributed by atoms with Crippen molar-refractivity contribution in [2.45, 2.75) is 58.0 Å². The van der Waals surface area contributed by atoms with E-state index in [4.69, 9.17) is 4.74 Å². The van der Waals surface area contributed by atoms with Gasteiger partial charge in [0, 0.05) is 31.4 Å². The number of rotatable bonds is 6. The fourth-order valence-corrected chi connectivity index (χ4v) is 2.70. The van der Waals surface area contributed by atoms with Crippen LogP contribution in [-0.4, -0.2) is 30.6 Å². The molecule has 1 saturated carbocycles. The standard InChI is InChI=1S/C17H28N4O/c1-3-12-22-16-14(8-7-11-19-16)13-20-17(18-2)21-15-9-5-4-6-10-15/h7-8,11,15H,3-6,9-10,12-13H2,1-2H3,(H2,18,20,21). The first kappa shape index (κ1) is 16.6. The highest BCUT2D eigenvalue weighted by molar-refractivity contribution is 5.80. The molecule has 1 aromatic rings. The second kappa shape index (κ2) is 9.28. The molecule has 0 spiro atoms. The molecule has 1 aromatic heterocycles. The number of guanidine groups is 1. The molecule has 0 radical (unpaired) electrons. The van der Waals surface area contributed by atoms with Gasteiger partial charge >= 0.3 is 0 Å². The Morgan fingerprint density at radius 3 is 2.91 bits per heavy atom. The molecule has 1 fully saturated rings. The second-order valence-electron chi connectivity index (χ2n) is 5.72. The molecule has 1 aliphatic rings. The molecule has 2 rings (SSSR count). The summed E-state index contributed by atoms with van der Waals surface area (Å²) in [7, 11) is 1.82. The molecule has 5 nitrogen and oxygen atoms in total. The number of nitrogens with one attached hydrogen (secondary N) is 2. The van der Waals surface area contributed by atoms with Crippen molar-refractivity contribution < 1.29 is 4.74 Å². The Morgan fingerprint density at radius 2 is 2.18 bits per heavy atom. The summed E-state index contributed by atoms with van der Waals surface area (Å²) >= 11 is 0. The van der Waals surface area contributed by atoms with E-state index in [-0.39, 0.29) is 0 Å². The molecule has 22 heavy (non-hydrogen) atoms. The van der Waals surface area contributed by atoms with Gasteiger partial charge in [-0.2, -0.15) is 0 Å². The van der Waals surface area contributed by atoms with Gasteiger partial charge in [0.1, 0.15) is 0 Å². The van der Waals surface area contributed by atoms with Crippen molar-refractivity contribution in [3.63, 3.8) is 0 Å². The minimum atomic E-state index is 0.546. The van der Waals surface area contributed by atoms with Crippen LogP contribution in [0.1, 0.15) is 51.0 Å². The zero-order chi connectivity index (χ0) is 15.6. The monoisotopic (exact) mass is 304 g/mol. The van der Waals surface area contributed by atoms with Gasteiger partial charge in [-0.1, -0.05) is 32.3 Å². The Morgan fingerprint density at radius 1 is 1.36 bits per heavy atom. The molecule has 5 heteroatoms. The van der Waals surface area contributed by atoms with Crippen LogP contribution in [0, 0.1) is 0 Å². The number of aliphatic imine (C=N–C) groups is 1. The first-order valence-electron chi connectivity index (χ1n) is 8.37. The van der Waals surface area contributed by atoms with Crippen LogP contribution in [0.25, 0.3) is 0 Å². The van der Waals surface area contributed by atoms with Gasteiger partial charge in [-0.25, -0.2) is 4.98 Å². The van der Waals surface area contributed by atoms with Crippen molar-refractivity contribution in [1.82, 2.24) is 15.6 Å². The average molecular weight is 304 g/mol. The third-order valence-electron chi connectivity index (χ3n) is 3.91. The lowest BCUT2D eigenvalue weighted by Crippen LogP contribution is -2.43. The lowest BCUT2D eigenvalue weighted by molar-refractivity contribution is 0.301. The van der Waals surface area contributed by atoms with E-state index >= 15 is 0 Å². The Bertz CT molecular complexity index is 469. The van der Waals surface area contributed by atoms with Gasteiger partial charge in [-0.3, -0.25) is 4.99 Å². The highest BCUT2D eigenvalue weighted by Crippen LogP contribution is 2.17. The summed E-state index contributed by atoms with van der Waals surface area (Å²) in [6.07, 6.45) is 9.20. The zero-order valence-electron chi connectivity index (χ0n) is 13.8. The largest absolute Gasteiger partial charge is 0.477 e. The Balaban J connectivity index is 1.87. The maximum Gasteiger partial charge on any atom is 0.218 e. The molecule has 0 amide bonds. The highest BCUT2D eigenvalue weighted by Gasteiger charge is 2.14. The topological polar surface area (TPSA) is 58.5 Å². The quantitative estimate of drug-likeness (QED) is 0.627. The third kappa shape index (κ3) is 5.20. The summed E-state index contributed by atoms with van der Waals surface area (Å²) < 4.78 is 5.69. The van der Waals surface area contributed by atoms with E-state index in [9.17, 15) is 0 Å². The first-order chi connectivity index (χ1) is 10.8. The van der Waals surface area contributed by atoms with Crippen LogP contribution in [0.15, 0.2) is 23.3 Å². The van der Waals surface area contributed by atoms with Gasteiger partial charge in [-0.05, 0) is 25.3 Å². The van der Waals surface area contributed by atoms with E-state index in [1.807, 2.05) is 19.2 Å². The number of aromatic nitrogens is 1. The third-order valence-corrected chi connectivity index (χ3v) is 3.91. The lowest BCUT2D eigenvalue weighted by Gasteiger charge is -2.25. The molecule has 2 N–H and O–H groups in total. The van der Waals surface area contributed by atoms with Crippen LogP contribution in [0.5, 0.6) is 5.88 Å². The van der Waals surface area contributed by atoms with E-state index in [2.05, 4.69) is 27.5 Å². The first-order valence-corrected chi connectivity index (χ1v) is 8.37. The Kier molecular flexibility index (Phi) is 7.00. The lowest BCUT2D eigenvalue weighted by atomic mass is 9.96. The summed E-state index contributed by atoms with van der Waals surface area (Å²) in [6, 6.07) is 4.52. The predicted octanol–water partition coefficient (Wildman–Crippen LogP) is 2.87. The molecule has 1 heterocycles. The van der Waals surface area contributed by atoms with E-state index in [0.29, 0.717) is 25.1 Å². The number of ether oxygens (including phenoxy) is 1. The number of pyridine rings is 1. The van der Waals surface area contributed by atoms with Crippen LogP contribution in [-0.2, 0) is 6.54 Å². The van der Waals surface area contributed by atoms with Crippen LogP contribution >= 0.6 is 0 Å². The second-order valence-corrected chi connectivity index (χ2v) is 5.72. The van der Waals surface area contributed by atoms with Gasteiger partial charge in [0.15, 0.2) is 5.96 Å². The highest BCUT2D eigenvalue weighted by atomic mass is 16.5. The molecule has 0 saturated heterocycles. The Labute approximate surface area is 133 Å². The van der Waals surface area contributed by atoms with Crippen LogP contribution in [0.3, 0.4) is 0 Å². The van der Waals surface area contributed by atoms with Crippen LogP contribution in [0.2, 0.25) is 0 Å². The van der Waals surface area contributed by atoms with E-state index in [1.54, 1.807) is 6.20 Å². The molecule has 0 bridgehead atoms. The summed E-state index contributed by atoms with van der Waals surface area (Å²) in [5.74, 6) is 1.57. The molecule has 0 unspecified atom stereocenters. The van der Waals surface area contributed by atoms with Crippen molar-refractivity contribution in [3.05, 3.63) is 23.9 Å². The van der Waals surface area contributed by atoms with Gasteiger partial charge in [0.05, 0.1) is 6.61 Å². The predicted molar refractivity (Wildman–Crippen MR) is 90.2 cm³/mol. The number of nitrogens with zero attached hydrogens (tertiary/aromatic N) is 2. The van der Waals surface area contributed by atoms with Gasteiger partial charge in [-0.15, -0.1) is 0 Å². The van der Waals surface area contributed by atoms with Gasteiger partial charge < -0.3 is 15.4 Å². The summed E-state index contributed by atoms with van der Waals surface area (Å²) in [5, 5.41) is 6.88. The van der Waals surface area contributed by atoms with Crippen molar-refractivity contribution in [2.24, 2.45) is 4.99 Å². The summed E-state index contributed by atoms with van der Waals surface area (Å²) in [5.41, 5.74) is 1.06. The molecular formula is C17H28N4O. The van der Waals surface area contributed by atoms with E-state index in [1.165, 1.54) is 32.1 Å². The number of hydrogen-bond donors (Lipinski definition) is 2. The van der Waals surface area contributed by atoms with E-state index < -0.39 is 0 Å². The molecule has 1 aliphatic carbocycles. The SMILES string of the molecule is CCCOc1ncccc1CNC(=NC)NC1CCCCC1. The van der Waals surface area contributed by atoms with Gasteiger partial charge in [0.2, 0.25) is 5.88 Å².